The summed E-state index contributed by atoms with van der Waals surface area (Å²) in [6, 6.07) is 11.1. The number of aryl methyl sites for hydroxylation is 1. The van der Waals surface area contributed by atoms with Gasteiger partial charge in [-0.05, 0) is 24.6 Å². The first-order valence-electron chi connectivity index (χ1n) is 7.07. The summed E-state index contributed by atoms with van der Waals surface area (Å²) in [5.41, 5.74) is 3.10. The summed E-state index contributed by atoms with van der Waals surface area (Å²) in [4.78, 5) is 16.2. The quantitative estimate of drug-likeness (QED) is 0.836. The van der Waals surface area contributed by atoms with Gasteiger partial charge in [0.1, 0.15) is 0 Å². The summed E-state index contributed by atoms with van der Waals surface area (Å²) in [7, 11) is -3.30. The third kappa shape index (κ3) is 5.80. The molecule has 1 aromatic heterocycles. The summed E-state index contributed by atoms with van der Waals surface area (Å²) >= 11 is 0. The van der Waals surface area contributed by atoms with Crippen LogP contribution in [0.5, 0.6) is 0 Å². The largest absolute Gasteiger partial charge is 0.348 e. The molecule has 2 aromatic rings. The van der Waals surface area contributed by atoms with Gasteiger partial charge in [-0.25, -0.2) is 13.1 Å². The Bertz CT molecular complexity index is 786. The molecule has 0 fully saturated rings. The number of rotatable bonds is 6. The number of amides is 1. The van der Waals surface area contributed by atoms with Crippen molar-refractivity contribution in [3.63, 3.8) is 0 Å². The van der Waals surface area contributed by atoms with Gasteiger partial charge in [-0.15, -0.1) is 0 Å². The van der Waals surface area contributed by atoms with Gasteiger partial charge in [0.15, 0.2) is 0 Å². The molecule has 6 nitrogen and oxygen atoms in total. The smallest absolute Gasteiger partial charge is 0.251 e. The predicted molar refractivity (Wildman–Crippen MR) is 88.3 cm³/mol. The van der Waals surface area contributed by atoms with E-state index in [0.29, 0.717) is 17.8 Å². The van der Waals surface area contributed by atoms with Crippen LogP contribution in [0.2, 0.25) is 0 Å². The van der Waals surface area contributed by atoms with Crippen LogP contribution in [0.15, 0.2) is 42.6 Å². The Balaban J connectivity index is 1.97. The van der Waals surface area contributed by atoms with Crippen LogP contribution in [-0.4, -0.2) is 25.6 Å². The van der Waals surface area contributed by atoms with Gasteiger partial charge in [0, 0.05) is 18.3 Å². The lowest BCUT2D eigenvalue weighted by molar-refractivity contribution is 0.0950. The number of nitrogens with zero attached hydrogens (tertiary/aromatic N) is 1. The maximum atomic E-state index is 12.2. The predicted octanol–water partition coefficient (Wildman–Crippen LogP) is 1.37. The lowest BCUT2D eigenvalue weighted by Crippen LogP contribution is -2.24. The van der Waals surface area contributed by atoms with E-state index in [1.807, 2.05) is 31.2 Å². The molecule has 0 aliphatic heterocycles. The van der Waals surface area contributed by atoms with E-state index in [9.17, 15) is 13.2 Å². The Morgan fingerprint density at radius 1 is 1.13 bits per heavy atom. The molecule has 0 aliphatic carbocycles. The summed E-state index contributed by atoms with van der Waals surface area (Å²) in [5, 5.41) is 2.83. The number of benzene rings is 1. The molecule has 0 bridgehead atoms. The van der Waals surface area contributed by atoms with Crippen LogP contribution in [0, 0.1) is 6.92 Å². The molecule has 122 valence electrons. The zero-order chi connectivity index (χ0) is 16.9. The number of aromatic nitrogens is 1. The van der Waals surface area contributed by atoms with Crippen molar-refractivity contribution in [3.8, 4) is 0 Å². The molecular weight excluding hydrogens is 314 g/mol. The van der Waals surface area contributed by atoms with Gasteiger partial charge in [0.25, 0.3) is 5.91 Å². The van der Waals surface area contributed by atoms with Crippen LogP contribution in [0.1, 0.15) is 27.2 Å². The summed E-state index contributed by atoms with van der Waals surface area (Å²) in [6.07, 6.45) is 2.56. The second kappa shape index (κ2) is 7.34. The maximum Gasteiger partial charge on any atom is 0.251 e. The fraction of sp³-hybridized carbons (Fsp3) is 0.250. The van der Waals surface area contributed by atoms with Gasteiger partial charge in [-0.1, -0.05) is 29.8 Å². The highest BCUT2D eigenvalue weighted by Crippen LogP contribution is 2.05. The van der Waals surface area contributed by atoms with E-state index >= 15 is 0 Å². The van der Waals surface area contributed by atoms with E-state index < -0.39 is 10.0 Å². The Kier molecular flexibility index (Phi) is 5.46. The van der Waals surface area contributed by atoms with E-state index in [2.05, 4.69) is 15.0 Å². The van der Waals surface area contributed by atoms with Gasteiger partial charge in [-0.3, -0.25) is 9.78 Å². The number of carbonyl (C=O) groups excluding carboxylic acids is 1. The minimum absolute atomic E-state index is 0.0535. The summed E-state index contributed by atoms with van der Waals surface area (Å²) < 4.78 is 24.5. The lowest BCUT2D eigenvalue weighted by atomic mass is 10.1. The molecule has 1 amide bonds. The minimum atomic E-state index is -3.30. The first-order valence-corrected chi connectivity index (χ1v) is 8.96. The van der Waals surface area contributed by atoms with E-state index in [0.717, 1.165) is 17.4 Å². The van der Waals surface area contributed by atoms with Crippen molar-refractivity contribution >= 4 is 15.9 Å². The Hall–Kier alpha value is -2.25. The Morgan fingerprint density at radius 3 is 2.48 bits per heavy atom. The van der Waals surface area contributed by atoms with Crippen LogP contribution in [0.3, 0.4) is 0 Å². The topological polar surface area (TPSA) is 88.2 Å². The molecule has 1 aromatic carbocycles. The van der Waals surface area contributed by atoms with Crippen molar-refractivity contribution in [1.82, 2.24) is 15.0 Å². The molecule has 1 heterocycles. The van der Waals surface area contributed by atoms with Crippen molar-refractivity contribution in [2.24, 2.45) is 0 Å². The SMILES string of the molecule is Cc1ccc(CNC(=O)c2ccnc(CNS(C)(=O)=O)c2)cc1. The van der Waals surface area contributed by atoms with E-state index in [1.54, 1.807) is 12.1 Å². The molecule has 0 aliphatic rings. The second-order valence-electron chi connectivity index (χ2n) is 5.30. The molecule has 0 radical (unpaired) electrons. The van der Waals surface area contributed by atoms with Gasteiger partial charge in [-0.2, -0.15) is 0 Å². The molecule has 0 atom stereocenters. The van der Waals surface area contributed by atoms with Crippen LogP contribution in [-0.2, 0) is 23.1 Å². The molecule has 7 heteroatoms. The van der Waals surface area contributed by atoms with Gasteiger partial charge in [0.05, 0.1) is 18.5 Å². The van der Waals surface area contributed by atoms with E-state index in [1.165, 1.54) is 6.20 Å². The van der Waals surface area contributed by atoms with E-state index in [4.69, 9.17) is 0 Å². The van der Waals surface area contributed by atoms with Crippen LogP contribution >= 0.6 is 0 Å². The van der Waals surface area contributed by atoms with Crippen LogP contribution in [0.25, 0.3) is 0 Å². The monoisotopic (exact) mass is 333 g/mol. The highest BCUT2D eigenvalue weighted by atomic mass is 32.2. The highest BCUT2D eigenvalue weighted by molar-refractivity contribution is 7.88. The highest BCUT2D eigenvalue weighted by Gasteiger charge is 2.08. The normalized spacial score (nSPS) is 11.2. The van der Waals surface area contributed by atoms with Crippen molar-refractivity contribution in [2.75, 3.05) is 6.26 Å². The molecule has 23 heavy (non-hydrogen) atoms. The van der Waals surface area contributed by atoms with E-state index in [-0.39, 0.29) is 12.5 Å². The summed E-state index contributed by atoms with van der Waals surface area (Å²) in [6.45, 7) is 2.49. The third-order valence-electron chi connectivity index (χ3n) is 3.17. The molecule has 2 rings (SSSR count). The third-order valence-corrected chi connectivity index (χ3v) is 3.84. The number of carbonyl (C=O) groups is 1. The lowest BCUT2D eigenvalue weighted by Gasteiger charge is -2.07. The molecule has 0 saturated carbocycles. The molecule has 2 N–H and O–H groups in total. The zero-order valence-corrected chi connectivity index (χ0v) is 13.9. The second-order valence-corrected chi connectivity index (χ2v) is 7.13. The average Bonchev–Trinajstić information content (AvgIpc) is 2.52. The zero-order valence-electron chi connectivity index (χ0n) is 13.0. The number of hydrogen-bond donors (Lipinski definition) is 2. The number of hydrogen-bond acceptors (Lipinski definition) is 4. The fourth-order valence-corrected chi connectivity index (χ4v) is 2.32. The molecule has 0 unspecified atom stereocenters. The first-order chi connectivity index (χ1) is 10.8. The van der Waals surface area contributed by atoms with Crippen LogP contribution < -0.4 is 10.0 Å². The standard InChI is InChI=1S/C16H19N3O3S/c1-12-3-5-13(6-4-12)10-18-16(20)14-7-8-17-15(9-14)11-19-23(2,21)22/h3-9,19H,10-11H2,1-2H3,(H,18,20). The average molecular weight is 333 g/mol. The van der Waals surface area contributed by atoms with Gasteiger partial charge >= 0.3 is 0 Å². The molecular formula is C16H19N3O3S. The van der Waals surface area contributed by atoms with Crippen molar-refractivity contribution in [3.05, 3.63) is 65.0 Å². The Labute approximate surface area is 136 Å². The molecule has 0 spiro atoms. The minimum Gasteiger partial charge on any atom is -0.348 e. The number of nitrogens with one attached hydrogen (secondary N) is 2. The van der Waals surface area contributed by atoms with Crippen molar-refractivity contribution < 1.29 is 13.2 Å². The first kappa shape index (κ1) is 17.1. The maximum absolute atomic E-state index is 12.2. The van der Waals surface area contributed by atoms with Crippen LogP contribution in [0.4, 0.5) is 0 Å². The molecule has 0 saturated heterocycles. The van der Waals surface area contributed by atoms with Crippen molar-refractivity contribution in [2.45, 2.75) is 20.0 Å². The van der Waals surface area contributed by atoms with Crippen molar-refractivity contribution in [1.29, 1.82) is 0 Å². The van der Waals surface area contributed by atoms with Gasteiger partial charge in [0.2, 0.25) is 10.0 Å². The fourth-order valence-electron chi connectivity index (χ4n) is 1.91. The number of pyridine rings is 1. The number of sulfonamides is 1. The Morgan fingerprint density at radius 2 is 1.83 bits per heavy atom. The van der Waals surface area contributed by atoms with Gasteiger partial charge < -0.3 is 5.32 Å². The summed E-state index contributed by atoms with van der Waals surface area (Å²) in [5.74, 6) is -0.228.